The predicted octanol–water partition coefficient (Wildman–Crippen LogP) is -1.71. The number of halogens is 1. The Labute approximate surface area is 218 Å². The lowest BCUT2D eigenvalue weighted by molar-refractivity contribution is -0.687. The lowest BCUT2D eigenvalue weighted by Gasteiger charge is -2.50. The Hall–Kier alpha value is -3.90. The summed E-state index contributed by atoms with van der Waals surface area (Å²) in [5, 5.41) is 18.9. The highest BCUT2D eigenvalue weighted by molar-refractivity contribution is 8.00. The van der Waals surface area contributed by atoms with Crippen LogP contribution >= 0.6 is 34.6 Å². The summed E-state index contributed by atoms with van der Waals surface area (Å²) in [6.45, 7) is -1.17. The van der Waals surface area contributed by atoms with Crippen molar-refractivity contribution in [3.05, 3.63) is 40.7 Å². The first kappa shape index (κ1) is 24.8. The van der Waals surface area contributed by atoms with E-state index in [0.29, 0.717) is 17.6 Å². The number of β-lactam (4-membered cyclic amide) rings is 1. The molecule has 0 saturated carbocycles. The normalized spacial score (nSPS) is 19.5. The van der Waals surface area contributed by atoms with Gasteiger partial charge in [0.1, 0.15) is 24.2 Å². The number of hydrogen-bond donors (Lipinski definition) is 2. The molecule has 2 atom stereocenters. The number of aromatic nitrogens is 4. The third-order valence-electron chi connectivity index (χ3n) is 5.45. The smallest absolute Gasteiger partial charge is 0.278 e. The molecule has 3 aromatic rings. The summed E-state index contributed by atoms with van der Waals surface area (Å²) in [4.78, 5) is 59.0. The average Bonchev–Trinajstić information content (AvgIpc) is 3.58. The van der Waals surface area contributed by atoms with Gasteiger partial charge in [0.05, 0.1) is 11.7 Å². The molecule has 3 N–H and O–H groups in total. The highest BCUT2D eigenvalue weighted by Gasteiger charge is 2.53. The van der Waals surface area contributed by atoms with Gasteiger partial charge in [0.25, 0.3) is 25.0 Å². The summed E-state index contributed by atoms with van der Waals surface area (Å²) in [7, 11) is 0. The Morgan fingerprint density at radius 1 is 1.46 bits per heavy atom. The first-order chi connectivity index (χ1) is 17.8. The van der Waals surface area contributed by atoms with E-state index in [1.54, 1.807) is 26.9 Å². The Bertz CT molecular complexity index is 1500. The number of imidazole rings is 1. The predicted molar refractivity (Wildman–Crippen MR) is 126 cm³/mol. The van der Waals surface area contributed by atoms with Crippen LogP contribution in [0.25, 0.3) is 4.83 Å². The lowest BCUT2D eigenvalue weighted by atomic mass is 10.0. The summed E-state index contributed by atoms with van der Waals surface area (Å²) >= 11 is 3.38. The fourth-order valence-corrected chi connectivity index (χ4v) is 6.54. The van der Waals surface area contributed by atoms with Crippen LogP contribution < -0.4 is 20.7 Å². The molecule has 0 spiro atoms. The number of nitrogens with two attached hydrogens (primary N) is 1. The molecule has 0 aliphatic carbocycles. The molecule has 0 bridgehead atoms. The second kappa shape index (κ2) is 9.87. The van der Waals surface area contributed by atoms with Crippen LogP contribution in [0.15, 0.2) is 34.3 Å². The van der Waals surface area contributed by atoms with Gasteiger partial charge in [-0.05, 0) is 0 Å². The number of carbonyl (C=O) groups is 4. The number of oxime groups is 1. The summed E-state index contributed by atoms with van der Waals surface area (Å²) in [5.74, 6) is -3.12. The van der Waals surface area contributed by atoms with Crippen LogP contribution in [0.1, 0.15) is 16.3 Å². The van der Waals surface area contributed by atoms with Gasteiger partial charge >= 0.3 is 0 Å². The quantitative estimate of drug-likeness (QED) is 0.0992. The highest BCUT2D eigenvalue weighted by atomic mass is 32.2. The largest absolute Gasteiger partial charge is 0.543 e. The number of carboxylic acid groups (broad SMARTS) is 1. The lowest BCUT2D eigenvalue weighted by Crippen LogP contribution is -2.71. The van der Waals surface area contributed by atoms with Gasteiger partial charge in [0.2, 0.25) is 16.4 Å². The molecular weight excluding hydrogens is 551 g/mol. The monoisotopic (exact) mass is 566 g/mol. The van der Waals surface area contributed by atoms with Gasteiger partial charge in [0, 0.05) is 28.2 Å². The van der Waals surface area contributed by atoms with Crippen LogP contribution in [0.4, 0.5) is 9.52 Å². The van der Waals surface area contributed by atoms with E-state index in [-0.39, 0.29) is 29.0 Å². The molecule has 0 unspecified atom stereocenters. The van der Waals surface area contributed by atoms with E-state index in [9.17, 15) is 28.7 Å². The molecule has 1 saturated heterocycles. The van der Waals surface area contributed by atoms with Gasteiger partial charge < -0.3 is 25.8 Å². The average molecular weight is 567 g/mol. The summed E-state index contributed by atoms with van der Waals surface area (Å²) in [6.07, 6.45) is 4.13. The molecule has 18 heteroatoms. The number of fused-ring (bicyclic) bond motifs is 2. The van der Waals surface area contributed by atoms with Crippen molar-refractivity contribution in [3.63, 3.8) is 0 Å². The third-order valence-corrected chi connectivity index (χ3v) is 8.24. The van der Waals surface area contributed by atoms with Crippen LogP contribution in [0.3, 0.4) is 0 Å². The summed E-state index contributed by atoms with van der Waals surface area (Å²) in [6, 6.07) is -1.09. The van der Waals surface area contributed by atoms with Crippen LogP contribution in [0, 0.1) is 0 Å². The van der Waals surface area contributed by atoms with E-state index >= 15 is 0 Å². The molecule has 0 aromatic carbocycles. The molecule has 0 radical (unpaired) electrons. The number of thioether (sulfide) groups is 1. The van der Waals surface area contributed by atoms with Crippen molar-refractivity contribution < 1.29 is 38.1 Å². The number of nitrogens with one attached hydrogen (secondary N) is 1. The van der Waals surface area contributed by atoms with Gasteiger partial charge in [-0.3, -0.25) is 19.3 Å². The maximum atomic E-state index is 12.9. The Morgan fingerprint density at radius 3 is 2.95 bits per heavy atom. The van der Waals surface area contributed by atoms with Crippen LogP contribution in [-0.4, -0.2) is 72.5 Å². The number of amides is 2. The molecule has 5 rings (SSSR count). The third kappa shape index (κ3) is 4.42. The number of nitrogens with zero attached hydrogens (tertiary/aromatic N) is 6. The van der Waals surface area contributed by atoms with Gasteiger partial charge in [-0.2, -0.15) is 13.8 Å². The molecule has 1 fully saturated rings. The number of aldehydes is 1. The molecule has 2 amide bonds. The number of anilines is 1. The summed E-state index contributed by atoms with van der Waals surface area (Å²) in [5.41, 5.74) is 5.64. The van der Waals surface area contributed by atoms with Crippen LogP contribution in [-0.2, 0) is 25.8 Å². The van der Waals surface area contributed by atoms with E-state index in [1.165, 1.54) is 23.1 Å². The van der Waals surface area contributed by atoms with Crippen LogP contribution in [0.5, 0.6) is 0 Å². The fraction of sp³-hybridized carbons (Fsp3) is 0.263. The first-order valence-corrected chi connectivity index (χ1v) is 13.0. The number of rotatable bonds is 9. The van der Waals surface area contributed by atoms with Crippen molar-refractivity contribution >= 4 is 74.4 Å². The number of carbonyl (C=O) groups excluding carboxylic acids is 4. The van der Waals surface area contributed by atoms with Crippen molar-refractivity contribution in [1.82, 2.24) is 24.0 Å². The number of nitrogen functional groups attached to an aromatic ring is 1. The number of hydrogen-bond acceptors (Lipinski definition) is 13. The fourth-order valence-electron chi connectivity index (χ4n) is 3.90. The minimum Gasteiger partial charge on any atom is -0.543 e. The van der Waals surface area contributed by atoms with Crippen molar-refractivity contribution in [2.24, 2.45) is 5.16 Å². The number of alkyl halides is 1. The molecule has 14 nitrogen and oxygen atoms in total. The minimum atomic E-state index is -1.53. The SMILES string of the molecule is Nc1nc(/C(=N/OCF)C(=O)N[C@@H]2C(=O)N3C(C(=O)[O-])=C(C[n+]4cc5scc(C=O)n5c4)CS[C@H]23)ns1. The van der Waals surface area contributed by atoms with E-state index in [1.807, 2.05) is 0 Å². The zero-order chi connectivity index (χ0) is 26.3. The van der Waals surface area contributed by atoms with Crippen molar-refractivity contribution in [2.45, 2.75) is 18.0 Å². The maximum absolute atomic E-state index is 12.9. The zero-order valence-corrected chi connectivity index (χ0v) is 20.8. The highest BCUT2D eigenvalue weighted by Crippen LogP contribution is 2.40. The zero-order valence-electron chi connectivity index (χ0n) is 18.4. The molecule has 2 aliphatic rings. The number of aliphatic carboxylic acids is 1. The van der Waals surface area contributed by atoms with Crippen molar-refractivity contribution in [2.75, 3.05) is 18.3 Å². The second-order valence-corrected chi connectivity index (χ2v) is 10.4. The van der Waals surface area contributed by atoms with E-state index in [0.717, 1.165) is 21.3 Å². The van der Waals surface area contributed by atoms with E-state index in [2.05, 4.69) is 24.7 Å². The van der Waals surface area contributed by atoms with Gasteiger partial charge in [0.15, 0.2) is 17.1 Å². The Kier molecular flexibility index (Phi) is 6.61. The summed E-state index contributed by atoms with van der Waals surface area (Å²) < 4.78 is 19.7. The van der Waals surface area contributed by atoms with Gasteiger partial charge in [-0.25, -0.2) is 8.96 Å². The molecule has 37 heavy (non-hydrogen) atoms. The number of carboxylic acids is 1. The Balaban J connectivity index is 1.35. The van der Waals surface area contributed by atoms with Gasteiger partial charge in [-0.15, -0.1) is 11.8 Å². The maximum Gasteiger partial charge on any atom is 0.278 e. The molecule has 2 aliphatic heterocycles. The molecule has 192 valence electrons. The minimum absolute atomic E-state index is 0.0315. The van der Waals surface area contributed by atoms with Crippen molar-refractivity contribution in [3.8, 4) is 0 Å². The number of thiazole rings is 1. The van der Waals surface area contributed by atoms with Crippen LogP contribution in [0.2, 0.25) is 0 Å². The Morgan fingerprint density at radius 2 is 2.27 bits per heavy atom. The van der Waals surface area contributed by atoms with Crippen molar-refractivity contribution in [1.29, 1.82) is 0 Å². The molecule has 3 aromatic heterocycles. The molecular formula is C19H15FN8O6S3. The van der Waals surface area contributed by atoms with Gasteiger partial charge in [-0.1, -0.05) is 16.5 Å². The molecule has 5 heterocycles. The van der Waals surface area contributed by atoms with E-state index < -0.39 is 41.8 Å². The standard InChI is InChI=1S/C19H15FN8O6S3/c20-6-34-24-11(14-23-19(21)37-25-14)15(30)22-12-16(31)28-13(18(32)33)8(4-36-17(12)28)1-26-2-10-27(7-26)9(3-29)5-35-10/h2-3,5,7,12,17H,1,4,6H2,(H3-,21,22,23,25,30,32,33)/b24-11-/t12-,17-/m1/s1. The second-order valence-electron chi connectivity index (χ2n) is 7.64. The topological polar surface area (TPSA) is 188 Å². The first-order valence-electron chi connectivity index (χ1n) is 10.3. The van der Waals surface area contributed by atoms with E-state index in [4.69, 9.17) is 5.73 Å².